The Morgan fingerprint density at radius 2 is 2.33 bits per heavy atom. The number of nitrogens with zero attached hydrogens (tertiary/aromatic N) is 1. The highest BCUT2D eigenvalue weighted by Gasteiger charge is 2.29. The van der Waals surface area contributed by atoms with Crippen LogP contribution in [0.15, 0.2) is 0 Å². The van der Waals surface area contributed by atoms with Gasteiger partial charge in [0.25, 0.3) is 0 Å². The average Bonchev–Trinajstić information content (AvgIpc) is 1.98. The lowest BCUT2D eigenvalue weighted by molar-refractivity contribution is -0.491. The Hall–Kier alpha value is -0.570. The quantitative estimate of drug-likeness (QED) is 0.376. The molecule has 0 bridgehead atoms. The first-order chi connectivity index (χ1) is 4.13. The van der Waals surface area contributed by atoms with Gasteiger partial charge in [-0.3, -0.25) is 5.73 Å². The van der Waals surface area contributed by atoms with Crippen molar-refractivity contribution >= 4 is 5.71 Å². The molecule has 0 saturated heterocycles. The summed E-state index contributed by atoms with van der Waals surface area (Å²) in [5, 5.41) is 10.9. The van der Waals surface area contributed by atoms with Gasteiger partial charge in [-0.05, 0) is 0 Å². The molecule has 1 rings (SSSR count). The number of rotatable bonds is 0. The van der Waals surface area contributed by atoms with Gasteiger partial charge in [-0.25, -0.2) is 0 Å². The Morgan fingerprint density at radius 1 is 1.78 bits per heavy atom. The van der Waals surface area contributed by atoms with E-state index in [0.717, 1.165) is 16.9 Å². The summed E-state index contributed by atoms with van der Waals surface area (Å²) in [4.78, 5) is 0. The van der Waals surface area contributed by atoms with E-state index in [1.807, 2.05) is 13.8 Å². The second-order valence-corrected chi connectivity index (χ2v) is 2.67. The maximum Gasteiger partial charge on any atom is 0.215 e. The molecule has 0 aromatic rings. The zero-order valence-electron chi connectivity index (χ0n) is 5.79. The molecule has 3 heteroatoms. The third-order valence-electron chi connectivity index (χ3n) is 1.96. The maximum absolute atomic E-state index is 10.9. The van der Waals surface area contributed by atoms with Gasteiger partial charge in [-0.1, -0.05) is 6.92 Å². The summed E-state index contributed by atoms with van der Waals surface area (Å²) in [6.07, 6.45) is 0.509. The number of hydrogen-bond acceptors (Lipinski definition) is 2. The predicted octanol–water partition coefficient (Wildman–Crippen LogP) is 0.282. The van der Waals surface area contributed by atoms with E-state index in [1.54, 1.807) is 0 Å². The van der Waals surface area contributed by atoms with Gasteiger partial charge in [0.1, 0.15) is 0 Å². The van der Waals surface area contributed by atoms with Crippen LogP contribution < -0.4 is 5.73 Å². The van der Waals surface area contributed by atoms with E-state index < -0.39 is 0 Å². The number of hydroxylamine groups is 1. The first kappa shape index (κ1) is 6.55. The van der Waals surface area contributed by atoms with Gasteiger partial charge in [0.2, 0.25) is 6.17 Å². The second kappa shape index (κ2) is 1.99. The molecule has 0 aromatic heterocycles. The molecule has 2 atom stereocenters. The molecule has 0 aliphatic carbocycles. The fraction of sp³-hybridized carbons (Fsp3) is 0.833. The number of hydrogen-bond donors (Lipinski definition) is 1. The van der Waals surface area contributed by atoms with Crippen LogP contribution in [0.4, 0.5) is 0 Å². The minimum Gasteiger partial charge on any atom is -0.623 e. The molecule has 52 valence electrons. The molecule has 0 saturated carbocycles. The highest BCUT2D eigenvalue weighted by Crippen LogP contribution is 2.14. The molecular formula is C6H12N2O. The highest BCUT2D eigenvalue weighted by molar-refractivity contribution is 5.80. The fourth-order valence-corrected chi connectivity index (χ4v) is 1.11. The van der Waals surface area contributed by atoms with Crippen LogP contribution in [-0.4, -0.2) is 16.6 Å². The topological polar surface area (TPSA) is 52.1 Å². The largest absolute Gasteiger partial charge is 0.623 e. The van der Waals surface area contributed by atoms with Gasteiger partial charge in [0.05, 0.1) is 0 Å². The maximum atomic E-state index is 10.9. The molecule has 0 fully saturated rings. The molecule has 0 amide bonds. The van der Waals surface area contributed by atoms with Crippen molar-refractivity contribution in [1.82, 2.24) is 0 Å². The molecule has 9 heavy (non-hydrogen) atoms. The molecule has 1 aliphatic rings. The molecule has 1 heterocycles. The van der Waals surface area contributed by atoms with Crippen LogP contribution in [0.2, 0.25) is 0 Å². The normalized spacial score (nSPS) is 35.9. The van der Waals surface area contributed by atoms with Crippen LogP contribution in [0.25, 0.3) is 0 Å². The monoisotopic (exact) mass is 128 g/mol. The Bertz CT molecular complexity index is 137. The van der Waals surface area contributed by atoms with Crippen LogP contribution in [0.5, 0.6) is 0 Å². The van der Waals surface area contributed by atoms with Crippen molar-refractivity contribution in [1.29, 1.82) is 0 Å². The smallest absolute Gasteiger partial charge is 0.215 e. The van der Waals surface area contributed by atoms with Crippen LogP contribution in [0.3, 0.4) is 0 Å². The van der Waals surface area contributed by atoms with Crippen LogP contribution in [0.1, 0.15) is 20.3 Å². The van der Waals surface area contributed by atoms with Crippen LogP contribution in [0, 0.1) is 11.1 Å². The van der Waals surface area contributed by atoms with Crippen LogP contribution >= 0.6 is 0 Å². The second-order valence-electron chi connectivity index (χ2n) is 2.67. The first-order valence-electron chi connectivity index (χ1n) is 3.18. The highest BCUT2D eigenvalue weighted by atomic mass is 16.5. The van der Waals surface area contributed by atoms with Crippen molar-refractivity contribution in [2.24, 2.45) is 11.7 Å². The summed E-state index contributed by atoms with van der Waals surface area (Å²) in [7, 11) is 0. The summed E-state index contributed by atoms with van der Waals surface area (Å²) in [5.41, 5.74) is 6.32. The van der Waals surface area contributed by atoms with Crippen molar-refractivity contribution < 1.29 is 4.74 Å². The van der Waals surface area contributed by atoms with Gasteiger partial charge in [-0.15, -0.1) is 0 Å². The van der Waals surface area contributed by atoms with Gasteiger partial charge >= 0.3 is 0 Å². The summed E-state index contributed by atoms with van der Waals surface area (Å²) < 4.78 is 0.907. The number of nitrogens with two attached hydrogens (primary N) is 1. The van der Waals surface area contributed by atoms with Gasteiger partial charge in [-0.2, -0.15) is 4.74 Å². The lowest BCUT2D eigenvalue weighted by Crippen LogP contribution is -2.27. The molecule has 2 unspecified atom stereocenters. The van der Waals surface area contributed by atoms with Crippen LogP contribution in [-0.2, 0) is 0 Å². The van der Waals surface area contributed by atoms with Gasteiger partial charge < -0.3 is 5.21 Å². The van der Waals surface area contributed by atoms with E-state index >= 15 is 0 Å². The molecule has 3 nitrogen and oxygen atoms in total. The minimum absolute atomic E-state index is 0.292. The summed E-state index contributed by atoms with van der Waals surface area (Å²) in [6, 6.07) is 0. The third kappa shape index (κ3) is 0.920. The Morgan fingerprint density at radius 3 is 2.44 bits per heavy atom. The van der Waals surface area contributed by atoms with Gasteiger partial charge in [0.15, 0.2) is 5.71 Å². The Kier molecular flexibility index (Phi) is 1.45. The van der Waals surface area contributed by atoms with E-state index in [2.05, 4.69) is 0 Å². The molecule has 2 N–H and O–H groups in total. The van der Waals surface area contributed by atoms with E-state index in [-0.39, 0.29) is 6.17 Å². The molecular weight excluding hydrogens is 116 g/mol. The first-order valence-corrected chi connectivity index (χ1v) is 3.18. The van der Waals surface area contributed by atoms with Crippen molar-refractivity contribution in [2.75, 3.05) is 0 Å². The Labute approximate surface area is 54.8 Å². The van der Waals surface area contributed by atoms with Gasteiger partial charge in [0, 0.05) is 19.3 Å². The third-order valence-corrected chi connectivity index (χ3v) is 1.96. The zero-order valence-corrected chi connectivity index (χ0v) is 5.79. The van der Waals surface area contributed by atoms with Crippen molar-refractivity contribution in [2.45, 2.75) is 26.4 Å². The lowest BCUT2D eigenvalue weighted by Gasteiger charge is -2.03. The van der Waals surface area contributed by atoms with Crippen molar-refractivity contribution in [3.8, 4) is 0 Å². The predicted molar refractivity (Wildman–Crippen MR) is 36.1 cm³/mol. The molecule has 0 spiro atoms. The van der Waals surface area contributed by atoms with E-state index in [0.29, 0.717) is 5.92 Å². The summed E-state index contributed by atoms with van der Waals surface area (Å²) >= 11 is 0. The van der Waals surface area contributed by atoms with Crippen molar-refractivity contribution in [3.05, 3.63) is 5.21 Å². The molecule has 0 aromatic carbocycles. The summed E-state index contributed by atoms with van der Waals surface area (Å²) in [5.74, 6) is 0.373. The average molecular weight is 128 g/mol. The Balaban J connectivity index is 2.79. The van der Waals surface area contributed by atoms with E-state index in [1.165, 1.54) is 0 Å². The molecule has 0 radical (unpaired) electrons. The standard InChI is InChI=1S/C6H12N2O/c1-4-3-6(7)8(9)5(4)2/h4,6H,3,7H2,1-2H3. The molecule has 1 aliphatic heterocycles. The lowest BCUT2D eigenvalue weighted by atomic mass is 10.1. The fourth-order valence-electron chi connectivity index (χ4n) is 1.11. The van der Waals surface area contributed by atoms with Crippen molar-refractivity contribution in [3.63, 3.8) is 0 Å². The van der Waals surface area contributed by atoms with E-state index in [9.17, 15) is 5.21 Å². The summed E-state index contributed by atoms with van der Waals surface area (Å²) in [6.45, 7) is 3.86. The van der Waals surface area contributed by atoms with E-state index in [4.69, 9.17) is 5.73 Å². The SMILES string of the molecule is CC1=[N+]([O-])C(N)CC1C. The zero-order chi connectivity index (χ0) is 7.02. The minimum atomic E-state index is -0.292.